The molecule has 0 bridgehead atoms. The third-order valence-electron chi connectivity index (χ3n) is 0.439. The van der Waals surface area contributed by atoms with E-state index in [0.717, 1.165) is 7.11 Å². The van der Waals surface area contributed by atoms with Gasteiger partial charge in [0.25, 0.3) is 0 Å². The van der Waals surface area contributed by atoms with E-state index in [1.807, 2.05) is 0 Å². The Hall–Kier alpha value is 0.180. The molecule has 0 radical (unpaired) electrons. The Labute approximate surface area is 68.4 Å². The van der Waals surface area contributed by atoms with Crippen molar-refractivity contribution >= 4 is 20.7 Å². The lowest BCUT2D eigenvalue weighted by Gasteiger charge is -2.22. The summed E-state index contributed by atoms with van der Waals surface area (Å²) in [5, 5.41) is 0. The summed E-state index contributed by atoms with van der Waals surface area (Å²) in [5.41, 5.74) is 0. The van der Waals surface area contributed by atoms with E-state index >= 15 is 0 Å². The fraction of sp³-hybridized carbons (Fsp3) is 1.00. The maximum absolute atomic E-state index is 10.7. The summed E-state index contributed by atoms with van der Waals surface area (Å²) < 4.78 is 29.8. The lowest BCUT2D eigenvalue weighted by atomic mass is 11.8. The van der Waals surface area contributed by atoms with Gasteiger partial charge < -0.3 is 0 Å². The van der Waals surface area contributed by atoms with Crippen LogP contribution in [0.1, 0.15) is 0 Å². The molecule has 0 spiro atoms. The van der Waals surface area contributed by atoms with Crippen molar-refractivity contribution in [3.8, 4) is 0 Å². The highest BCUT2D eigenvalue weighted by molar-refractivity contribution is 8.31. The Balaban J connectivity index is 4.15. The SMILES string of the molecule is COOS(=O)(=O)OS(C)(C)C. The van der Waals surface area contributed by atoms with Gasteiger partial charge in [0.1, 0.15) is 0 Å². The van der Waals surface area contributed by atoms with Crippen LogP contribution in [0.2, 0.25) is 0 Å². The van der Waals surface area contributed by atoms with Crippen LogP contribution < -0.4 is 0 Å². The summed E-state index contributed by atoms with van der Waals surface area (Å²) in [5.74, 6) is 0. The second-order valence-corrected chi connectivity index (χ2v) is 7.38. The van der Waals surface area contributed by atoms with E-state index in [-0.39, 0.29) is 0 Å². The third kappa shape index (κ3) is 6.57. The van der Waals surface area contributed by atoms with E-state index in [9.17, 15) is 8.42 Å². The Morgan fingerprint density at radius 2 is 1.55 bits per heavy atom. The molecule has 0 N–H and O–H groups in total. The van der Waals surface area contributed by atoms with Crippen LogP contribution in [0.5, 0.6) is 0 Å². The van der Waals surface area contributed by atoms with Gasteiger partial charge in [0.15, 0.2) is 0 Å². The van der Waals surface area contributed by atoms with Crippen LogP contribution in [0, 0.1) is 0 Å². The molecule has 5 nitrogen and oxygen atoms in total. The van der Waals surface area contributed by atoms with Crippen molar-refractivity contribution in [3.63, 3.8) is 0 Å². The first-order valence-corrected chi connectivity index (χ1v) is 6.75. The van der Waals surface area contributed by atoms with Gasteiger partial charge in [0, 0.05) is 0 Å². The van der Waals surface area contributed by atoms with Crippen molar-refractivity contribution in [1.82, 2.24) is 0 Å². The Kier molecular flexibility index (Phi) is 3.78. The van der Waals surface area contributed by atoms with Crippen molar-refractivity contribution in [2.24, 2.45) is 0 Å². The molecule has 0 saturated carbocycles. The number of rotatable bonds is 4. The van der Waals surface area contributed by atoms with E-state index < -0.39 is 20.7 Å². The quantitative estimate of drug-likeness (QED) is 0.491. The molecule has 0 atom stereocenters. The molecule has 0 aromatic heterocycles. The Morgan fingerprint density at radius 3 is 1.82 bits per heavy atom. The van der Waals surface area contributed by atoms with Gasteiger partial charge in [-0.2, -0.15) is 12.0 Å². The van der Waals surface area contributed by atoms with Crippen molar-refractivity contribution in [2.45, 2.75) is 0 Å². The Morgan fingerprint density at radius 1 is 1.09 bits per heavy atom. The molecule has 0 aliphatic carbocycles. The van der Waals surface area contributed by atoms with Crippen LogP contribution in [0.15, 0.2) is 0 Å². The van der Waals surface area contributed by atoms with Crippen molar-refractivity contribution in [1.29, 1.82) is 0 Å². The predicted molar refractivity (Wildman–Crippen MR) is 43.5 cm³/mol. The average molecular weight is 204 g/mol. The molecular weight excluding hydrogens is 192 g/mol. The van der Waals surface area contributed by atoms with Crippen molar-refractivity contribution < 1.29 is 21.3 Å². The highest BCUT2D eigenvalue weighted by Gasteiger charge is 2.19. The van der Waals surface area contributed by atoms with Crippen molar-refractivity contribution in [3.05, 3.63) is 0 Å². The van der Waals surface area contributed by atoms with E-state index in [0.29, 0.717) is 0 Å². The van der Waals surface area contributed by atoms with Crippen LogP contribution in [-0.2, 0) is 23.2 Å². The first-order valence-electron chi connectivity index (χ1n) is 2.63. The summed E-state index contributed by atoms with van der Waals surface area (Å²) >= 11 is 0. The molecule has 0 heterocycles. The molecule has 0 saturated heterocycles. The highest BCUT2D eigenvalue weighted by Crippen LogP contribution is 2.38. The molecule has 0 fully saturated rings. The van der Waals surface area contributed by atoms with Gasteiger partial charge in [-0.25, -0.2) is 4.89 Å². The molecule has 0 rings (SSSR count). The zero-order valence-electron chi connectivity index (χ0n) is 6.86. The Bertz CT molecular complexity index is 201. The fourth-order valence-corrected chi connectivity index (χ4v) is 2.60. The van der Waals surface area contributed by atoms with Crippen LogP contribution in [-0.4, -0.2) is 34.3 Å². The molecule has 0 aromatic rings. The average Bonchev–Trinajstić information content (AvgIpc) is 1.55. The first kappa shape index (κ1) is 11.2. The molecule has 11 heavy (non-hydrogen) atoms. The minimum absolute atomic E-state index is 1.10. The summed E-state index contributed by atoms with van der Waals surface area (Å²) in [4.78, 5) is 3.95. The fourth-order valence-electron chi connectivity index (χ4n) is 0.345. The van der Waals surface area contributed by atoms with Gasteiger partial charge in [-0.15, -0.1) is 10.3 Å². The molecule has 0 aliphatic heterocycles. The molecule has 7 heteroatoms. The van der Waals surface area contributed by atoms with Gasteiger partial charge >= 0.3 is 10.4 Å². The van der Waals surface area contributed by atoms with Crippen LogP contribution in [0.3, 0.4) is 0 Å². The van der Waals surface area contributed by atoms with Gasteiger partial charge in [-0.1, -0.05) is 4.33 Å². The lowest BCUT2D eigenvalue weighted by molar-refractivity contribution is -0.178. The maximum atomic E-state index is 10.7. The summed E-state index contributed by atoms with van der Waals surface area (Å²) in [6.45, 7) is 0. The zero-order valence-corrected chi connectivity index (χ0v) is 8.49. The summed E-state index contributed by atoms with van der Waals surface area (Å²) in [6, 6.07) is 0. The highest BCUT2D eigenvalue weighted by atomic mass is 32.3. The largest absolute Gasteiger partial charge is 0.436 e. The van der Waals surface area contributed by atoms with Gasteiger partial charge in [-0.3, -0.25) is 0 Å². The zero-order chi connectivity index (χ0) is 9.12. The molecule has 0 unspecified atom stereocenters. The van der Waals surface area contributed by atoms with E-state index in [2.05, 4.69) is 12.9 Å². The van der Waals surface area contributed by atoms with Crippen LogP contribution in [0.25, 0.3) is 0 Å². The minimum Gasteiger partial charge on any atom is -0.221 e. The lowest BCUT2D eigenvalue weighted by Crippen LogP contribution is -2.11. The molecule has 0 aliphatic rings. The standard InChI is InChI=1S/C4H12O5S2/c1-7-8-11(5,6)9-10(2,3)4/h1-4H3. The van der Waals surface area contributed by atoms with Gasteiger partial charge in [0.05, 0.1) is 7.11 Å². The second kappa shape index (κ2) is 3.72. The second-order valence-electron chi connectivity index (χ2n) is 2.44. The van der Waals surface area contributed by atoms with E-state index in [1.165, 1.54) is 0 Å². The molecular formula is C4H12O5S2. The predicted octanol–water partition coefficient (Wildman–Crippen LogP) is 0.435. The maximum Gasteiger partial charge on any atom is 0.436 e. The van der Waals surface area contributed by atoms with E-state index in [1.54, 1.807) is 18.8 Å². The summed E-state index contributed by atoms with van der Waals surface area (Å²) in [6.07, 6.45) is 5.01. The van der Waals surface area contributed by atoms with Crippen LogP contribution in [0.4, 0.5) is 0 Å². The van der Waals surface area contributed by atoms with Crippen LogP contribution >= 0.6 is 10.3 Å². The molecule has 0 amide bonds. The minimum atomic E-state index is -3.97. The molecule has 70 valence electrons. The number of hydrogen-bond donors (Lipinski definition) is 0. The van der Waals surface area contributed by atoms with Gasteiger partial charge in [-0.05, 0) is 18.8 Å². The summed E-state index contributed by atoms with van der Waals surface area (Å²) in [7, 11) is -4.48. The topological polar surface area (TPSA) is 61.8 Å². The first-order chi connectivity index (χ1) is 4.77. The van der Waals surface area contributed by atoms with Crippen molar-refractivity contribution in [2.75, 3.05) is 25.9 Å². The monoisotopic (exact) mass is 204 g/mol. The van der Waals surface area contributed by atoms with Gasteiger partial charge in [0.2, 0.25) is 0 Å². The third-order valence-corrected chi connectivity index (χ3v) is 3.04. The van der Waals surface area contributed by atoms with E-state index in [4.69, 9.17) is 0 Å². The molecule has 0 aromatic carbocycles. The number of hydrogen-bond acceptors (Lipinski definition) is 5. The normalized spacial score (nSPS) is 14.9. The smallest absolute Gasteiger partial charge is 0.221 e.